The maximum Gasteiger partial charge on any atom is 0.225 e. The molecule has 0 atom stereocenters. The first-order valence-corrected chi connectivity index (χ1v) is 6.35. The van der Waals surface area contributed by atoms with E-state index in [1.54, 1.807) is 12.1 Å². The lowest BCUT2D eigenvalue weighted by Gasteiger charge is -2.12. The van der Waals surface area contributed by atoms with Gasteiger partial charge in [0.25, 0.3) is 0 Å². The number of anilines is 1. The minimum atomic E-state index is -0.389. The molecular formula is C13H16FNOS. The first-order chi connectivity index (χ1) is 8.04. The molecule has 0 bridgehead atoms. The number of rotatable bonds is 4. The summed E-state index contributed by atoms with van der Waals surface area (Å²) in [5.74, 6) is 0.206. The van der Waals surface area contributed by atoms with Crippen LogP contribution in [0.3, 0.4) is 0 Å². The quantitative estimate of drug-likeness (QED) is 0.793. The van der Waals surface area contributed by atoms with Crippen LogP contribution in [0.15, 0.2) is 18.2 Å². The lowest BCUT2D eigenvalue weighted by molar-refractivity contribution is -0.117. The van der Waals surface area contributed by atoms with Crippen molar-refractivity contribution in [3.63, 3.8) is 0 Å². The van der Waals surface area contributed by atoms with Crippen LogP contribution < -0.4 is 5.32 Å². The van der Waals surface area contributed by atoms with Crippen molar-refractivity contribution in [3.8, 4) is 0 Å². The van der Waals surface area contributed by atoms with E-state index in [0.29, 0.717) is 6.42 Å². The van der Waals surface area contributed by atoms with Crippen LogP contribution in [-0.4, -0.2) is 11.7 Å². The van der Waals surface area contributed by atoms with Gasteiger partial charge in [-0.25, -0.2) is 4.39 Å². The molecule has 1 N–H and O–H groups in total. The number of halogens is 1. The first kappa shape index (κ1) is 12.4. The van der Waals surface area contributed by atoms with Gasteiger partial charge in [0.1, 0.15) is 5.82 Å². The van der Waals surface area contributed by atoms with Crippen molar-refractivity contribution < 1.29 is 9.18 Å². The van der Waals surface area contributed by atoms with Crippen LogP contribution in [0.25, 0.3) is 0 Å². The fraction of sp³-hybridized carbons (Fsp3) is 0.462. The number of hydrogen-bond donors (Lipinski definition) is 2. The maximum absolute atomic E-state index is 13.4. The second-order valence-corrected chi connectivity index (χ2v) is 5.18. The molecule has 0 saturated heterocycles. The minimum Gasteiger partial charge on any atom is -0.324 e. The normalized spacial score (nSPS) is 16.6. The SMILES string of the molecule is Cc1ccc(F)c(NC(=O)CC2(CS)CC2)c1. The Balaban J connectivity index is 2.00. The molecule has 2 rings (SSSR count). The Morgan fingerprint density at radius 1 is 1.53 bits per heavy atom. The Morgan fingerprint density at radius 2 is 2.24 bits per heavy atom. The number of benzene rings is 1. The van der Waals surface area contributed by atoms with Crippen LogP contribution in [0.2, 0.25) is 0 Å². The lowest BCUT2D eigenvalue weighted by atomic mass is 10.0. The number of carbonyl (C=O) groups excluding carboxylic acids is 1. The van der Waals surface area contributed by atoms with Gasteiger partial charge < -0.3 is 5.32 Å². The molecule has 1 saturated carbocycles. The fourth-order valence-electron chi connectivity index (χ4n) is 1.84. The summed E-state index contributed by atoms with van der Waals surface area (Å²) < 4.78 is 13.4. The van der Waals surface area contributed by atoms with E-state index in [9.17, 15) is 9.18 Å². The van der Waals surface area contributed by atoms with Crippen LogP contribution in [0, 0.1) is 18.2 Å². The molecule has 1 aromatic carbocycles. The third kappa shape index (κ3) is 3.00. The number of carbonyl (C=O) groups is 1. The zero-order valence-corrected chi connectivity index (χ0v) is 10.7. The van der Waals surface area contributed by atoms with Gasteiger partial charge in [0.05, 0.1) is 5.69 Å². The van der Waals surface area contributed by atoms with Crippen LogP contribution >= 0.6 is 12.6 Å². The summed E-state index contributed by atoms with van der Waals surface area (Å²) in [7, 11) is 0. The number of nitrogens with one attached hydrogen (secondary N) is 1. The highest BCUT2D eigenvalue weighted by molar-refractivity contribution is 7.80. The molecule has 4 heteroatoms. The van der Waals surface area contributed by atoms with Crippen molar-refractivity contribution in [1.82, 2.24) is 0 Å². The molecule has 0 radical (unpaired) electrons. The second-order valence-electron chi connectivity index (χ2n) is 4.87. The predicted molar refractivity (Wildman–Crippen MR) is 69.9 cm³/mol. The molecule has 0 aliphatic heterocycles. The van der Waals surface area contributed by atoms with Crippen molar-refractivity contribution >= 4 is 24.2 Å². The summed E-state index contributed by atoms with van der Waals surface area (Å²) >= 11 is 4.25. The number of hydrogen-bond acceptors (Lipinski definition) is 2. The fourth-order valence-corrected chi connectivity index (χ4v) is 2.27. The molecule has 1 aromatic rings. The van der Waals surface area contributed by atoms with Gasteiger partial charge in [0, 0.05) is 6.42 Å². The van der Waals surface area contributed by atoms with Gasteiger partial charge in [-0.05, 0) is 48.6 Å². The summed E-state index contributed by atoms with van der Waals surface area (Å²) in [5.41, 5.74) is 1.26. The maximum atomic E-state index is 13.4. The van der Waals surface area contributed by atoms with E-state index in [1.165, 1.54) is 6.07 Å². The van der Waals surface area contributed by atoms with Crippen LogP contribution in [0.4, 0.5) is 10.1 Å². The Morgan fingerprint density at radius 3 is 2.82 bits per heavy atom. The number of amides is 1. The number of thiol groups is 1. The summed E-state index contributed by atoms with van der Waals surface area (Å²) in [4.78, 5) is 11.8. The Kier molecular flexibility index (Phi) is 3.43. The average Bonchev–Trinajstić information content (AvgIpc) is 3.04. The van der Waals surface area contributed by atoms with E-state index in [0.717, 1.165) is 24.2 Å². The molecule has 0 heterocycles. The largest absolute Gasteiger partial charge is 0.324 e. The van der Waals surface area contributed by atoms with Gasteiger partial charge in [0.15, 0.2) is 0 Å². The van der Waals surface area contributed by atoms with Crippen LogP contribution in [0.1, 0.15) is 24.8 Å². The molecule has 0 spiro atoms. The van der Waals surface area contributed by atoms with E-state index >= 15 is 0 Å². The van der Waals surface area contributed by atoms with E-state index < -0.39 is 0 Å². The summed E-state index contributed by atoms with van der Waals surface area (Å²) in [6.45, 7) is 1.87. The predicted octanol–water partition coefficient (Wildman–Crippen LogP) is 3.17. The first-order valence-electron chi connectivity index (χ1n) is 5.72. The van der Waals surface area contributed by atoms with E-state index in [2.05, 4.69) is 17.9 Å². The van der Waals surface area contributed by atoms with Crippen molar-refractivity contribution in [3.05, 3.63) is 29.6 Å². The van der Waals surface area contributed by atoms with E-state index in [4.69, 9.17) is 0 Å². The highest BCUT2D eigenvalue weighted by atomic mass is 32.1. The molecule has 0 aromatic heterocycles. The molecule has 17 heavy (non-hydrogen) atoms. The second kappa shape index (κ2) is 4.69. The highest BCUT2D eigenvalue weighted by Crippen LogP contribution is 2.49. The molecule has 92 valence electrons. The topological polar surface area (TPSA) is 29.1 Å². The monoisotopic (exact) mass is 253 g/mol. The summed E-state index contributed by atoms with van der Waals surface area (Å²) in [6, 6.07) is 4.70. The van der Waals surface area contributed by atoms with Gasteiger partial charge >= 0.3 is 0 Å². The van der Waals surface area contributed by atoms with Gasteiger partial charge in [0.2, 0.25) is 5.91 Å². The van der Waals surface area contributed by atoms with Gasteiger partial charge in [-0.1, -0.05) is 6.07 Å². The molecule has 1 amide bonds. The Hall–Kier alpha value is -1.03. The molecule has 1 aliphatic carbocycles. The van der Waals surface area contributed by atoms with Crippen molar-refractivity contribution in [2.75, 3.05) is 11.1 Å². The average molecular weight is 253 g/mol. The molecule has 1 fully saturated rings. The molecule has 2 nitrogen and oxygen atoms in total. The van der Waals surface area contributed by atoms with Crippen molar-refractivity contribution in [1.29, 1.82) is 0 Å². The standard InChI is InChI=1S/C13H16FNOS/c1-9-2-3-10(14)11(6-9)15-12(16)7-13(8-17)4-5-13/h2-3,6,17H,4-5,7-8H2,1H3,(H,15,16). The lowest BCUT2D eigenvalue weighted by Crippen LogP contribution is -2.19. The molecular weight excluding hydrogens is 237 g/mol. The van der Waals surface area contributed by atoms with Gasteiger partial charge in [-0.2, -0.15) is 12.6 Å². The van der Waals surface area contributed by atoms with E-state index in [1.807, 2.05) is 6.92 Å². The summed E-state index contributed by atoms with van der Waals surface area (Å²) in [6.07, 6.45) is 2.52. The Bertz CT molecular complexity index is 443. The van der Waals surface area contributed by atoms with Crippen LogP contribution in [-0.2, 0) is 4.79 Å². The van der Waals surface area contributed by atoms with Gasteiger partial charge in [-0.3, -0.25) is 4.79 Å². The van der Waals surface area contributed by atoms with Gasteiger partial charge in [-0.15, -0.1) is 0 Å². The van der Waals surface area contributed by atoms with Crippen LogP contribution in [0.5, 0.6) is 0 Å². The third-order valence-electron chi connectivity index (χ3n) is 3.22. The third-order valence-corrected chi connectivity index (χ3v) is 3.89. The van der Waals surface area contributed by atoms with Crippen molar-refractivity contribution in [2.45, 2.75) is 26.2 Å². The van der Waals surface area contributed by atoms with E-state index in [-0.39, 0.29) is 22.8 Å². The minimum absolute atomic E-state index is 0.0630. The number of aryl methyl sites for hydroxylation is 1. The highest BCUT2D eigenvalue weighted by Gasteiger charge is 2.42. The summed E-state index contributed by atoms with van der Waals surface area (Å²) in [5, 5.41) is 2.63. The zero-order valence-electron chi connectivity index (χ0n) is 9.79. The Labute approximate surface area is 106 Å². The van der Waals surface area contributed by atoms with Crippen molar-refractivity contribution in [2.24, 2.45) is 5.41 Å². The zero-order chi connectivity index (χ0) is 12.5. The molecule has 1 aliphatic rings. The molecule has 0 unspecified atom stereocenters. The smallest absolute Gasteiger partial charge is 0.225 e.